The summed E-state index contributed by atoms with van der Waals surface area (Å²) in [5, 5.41) is 4.48. The second-order valence-electron chi connectivity index (χ2n) is 7.21. The van der Waals surface area contributed by atoms with Crippen LogP contribution in [0.4, 0.5) is 5.69 Å². The molecular formula is C23H25N3O2. The van der Waals surface area contributed by atoms with Gasteiger partial charge >= 0.3 is 0 Å². The number of carbonyl (C=O) groups excluding carboxylic acids is 1. The van der Waals surface area contributed by atoms with Crippen molar-refractivity contribution in [1.82, 2.24) is 9.78 Å². The molecule has 0 aliphatic heterocycles. The summed E-state index contributed by atoms with van der Waals surface area (Å²) in [6.45, 7) is 7.77. The topological polar surface area (TPSA) is 55.2 Å². The third-order valence-corrected chi connectivity index (χ3v) is 5.07. The largest absolute Gasteiger partial charge is 0.314 e. The highest BCUT2D eigenvalue weighted by atomic mass is 16.2. The van der Waals surface area contributed by atoms with Gasteiger partial charge < -0.3 is 4.90 Å². The van der Waals surface area contributed by atoms with Crippen molar-refractivity contribution in [2.45, 2.75) is 33.7 Å². The highest BCUT2D eigenvalue weighted by molar-refractivity contribution is 5.95. The Bertz CT molecular complexity index is 1090. The maximum Gasteiger partial charge on any atom is 0.267 e. The fraction of sp³-hybridized carbons (Fsp3) is 0.261. The van der Waals surface area contributed by atoms with Crippen molar-refractivity contribution < 1.29 is 4.79 Å². The van der Waals surface area contributed by atoms with Crippen LogP contribution >= 0.6 is 0 Å². The zero-order chi connectivity index (χ0) is 20.4. The molecule has 0 saturated carbocycles. The monoisotopic (exact) mass is 375 g/mol. The Kier molecular flexibility index (Phi) is 5.45. The summed E-state index contributed by atoms with van der Waals surface area (Å²) in [6.07, 6.45) is 0. The quantitative estimate of drug-likeness (QED) is 0.691. The molecule has 0 saturated heterocycles. The van der Waals surface area contributed by atoms with Crippen molar-refractivity contribution in [1.29, 1.82) is 0 Å². The van der Waals surface area contributed by atoms with Crippen LogP contribution in [-0.2, 0) is 4.79 Å². The highest BCUT2D eigenvalue weighted by Crippen LogP contribution is 2.21. The number of rotatable bonds is 4. The van der Waals surface area contributed by atoms with Crippen LogP contribution in [0, 0.1) is 20.8 Å². The van der Waals surface area contributed by atoms with E-state index in [0.29, 0.717) is 5.69 Å². The zero-order valence-corrected chi connectivity index (χ0v) is 16.9. The molecule has 0 unspecified atom stereocenters. The Balaban J connectivity index is 1.94. The van der Waals surface area contributed by atoms with Gasteiger partial charge in [0.05, 0.1) is 5.69 Å². The number of anilines is 1. The van der Waals surface area contributed by atoms with Gasteiger partial charge in [-0.1, -0.05) is 24.3 Å². The van der Waals surface area contributed by atoms with Gasteiger partial charge in [-0.15, -0.1) is 0 Å². The van der Waals surface area contributed by atoms with E-state index < -0.39 is 6.04 Å². The van der Waals surface area contributed by atoms with E-state index >= 15 is 0 Å². The maximum atomic E-state index is 13.0. The van der Waals surface area contributed by atoms with Gasteiger partial charge in [-0.3, -0.25) is 9.59 Å². The van der Waals surface area contributed by atoms with E-state index in [2.05, 4.69) is 12.0 Å². The molecule has 2 aromatic carbocycles. The van der Waals surface area contributed by atoms with Crippen molar-refractivity contribution >= 4 is 11.6 Å². The smallest absolute Gasteiger partial charge is 0.267 e. The molecule has 3 aromatic rings. The third-order valence-electron chi connectivity index (χ3n) is 5.07. The molecule has 0 aliphatic carbocycles. The molecule has 1 heterocycles. The molecule has 0 bridgehead atoms. The number of aryl methyl sites for hydroxylation is 3. The molecule has 0 radical (unpaired) electrons. The lowest BCUT2D eigenvalue weighted by Crippen LogP contribution is -2.38. The average molecular weight is 375 g/mol. The van der Waals surface area contributed by atoms with Crippen LogP contribution in [0.25, 0.3) is 11.3 Å². The molecule has 5 heteroatoms. The highest BCUT2D eigenvalue weighted by Gasteiger charge is 2.22. The minimum atomic E-state index is -0.718. The molecule has 3 rings (SSSR count). The lowest BCUT2D eigenvalue weighted by atomic mass is 10.0. The van der Waals surface area contributed by atoms with Crippen LogP contribution in [-0.4, -0.2) is 22.7 Å². The fourth-order valence-corrected chi connectivity index (χ4v) is 3.11. The van der Waals surface area contributed by atoms with Gasteiger partial charge in [0.15, 0.2) is 0 Å². The van der Waals surface area contributed by atoms with Crippen LogP contribution in [0.2, 0.25) is 0 Å². The maximum absolute atomic E-state index is 13.0. The lowest BCUT2D eigenvalue weighted by molar-refractivity contribution is -0.121. The van der Waals surface area contributed by atoms with Gasteiger partial charge in [-0.2, -0.15) is 5.10 Å². The minimum absolute atomic E-state index is 0.197. The summed E-state index contributed by atoms with van der Waals surface area (Å²) in [7, 11) is 1.71. The normalized spacial score (nSPS) is 11.9. The molecular weight excluding hydrogens is 350 g/mol. The molecule has 0 fully saturated rings. The first-order chi connectivity index (χ1) is 13.3. The van der Waals surface area contributed by atoms with E-state index in [1.165, 1.54) is 16.3 Å². The zero-order valence-electron chi connectivity index (χ0n) is 16.9. The average Bonchev–Trinajstić information content (AvgIpc) is 2.69. The van der Waals surface area contributed by atoms with Gasteiger partial charge in [0, 0.05) is 24.4 Å². The van der Waals surface area contributed by atoms with Crippen LogP contribution in [0.5, 0.6) is 0 Å². The molecule has 0 N–H and O–H groups in total. The van der Waals surface area contributed by atoms with Gasteiger partial charge in [-0.25, -0.2) is 4.68 Å². The number of hydrogen-bond acceptors (Lipinski definition) is 3. The summed E-state index contributed by atoms with van der Waals surface area (Å²) in [4.78, 5) is 27.0. The predicted molar refractivity (Wildman–Crippen MR) is 113 cm³/mol. The fourth-order valence-electron chi connectivity index (χ4n) is 3.11. The number of likely N-dealkylation sites (N-methyl/N-ethyl adjacent to an activating group) is 1. The number of aromatic nitrogens is 2. The SMILES string of the molecule is Cc1cccc(N(C)C(=O)[C@H](C)n2nc(-c3ccc(C)c(C)c3)ccc2=O)c1. The molecule has 144 valence electrons. The number of hydrogen-bond donors (Lipinski definition) is 0. The van der Waals surface area contributed by atoms with E-state index in [-0.39, 0.29) is 11.5 Å². The van der Waals surface area contributed by atoms with Crippen molar-refractivity contribution in [2.75, 3.05) is 11.9 Å². The molecule has 5 nitrogen and oxygen atoms in total. The van der Waals surface area contributed by atoms with E-state index in [9.17, 15) is 9.59 Å². The molecule has 28 heavy (non-hydrogen) atoms. The predicted octanol–water partition coefficient (Wildman–Crippen LogP) is 4.06. The van der Waals surface area contributed by atoms with Crippen LogP contribution in [0.15, 0.2) is 59.4 Å². The standard InChI is InChI=1S/C23H25N3O2/c1-15-7-6-8-20(13-15)25(5)23(28)18(4)26-22(27)12-11-21(24-26)19-10-9-16(2)17(3)14-19/h6-14,18H,1-5H3/t18-/m0/s1. The molecule has 1 aromatic heterocycles. The van der Waals surface area contributed by atoms with E-state index in [1.54, 1.807) is 24.9 Å². The molecule has 0 spiro atoms. The summed E-state index contributed by atoms with van der Waals surface area (Å²) < 4.78 is 1.26. The number of nitrogens with zero attached hydrogens (tertiary/aromatic N) is 3. The molecule has 1 atom stereocenters. The first-order valence-electron chi connectivity index (χ1n) is 9.29. The van der Waals surface area contributed by atoms with E-state index in [0.717, 1.165) is 22.4 Å². The van der Waals surface area contributed by atoms with Crippen molar-refractivity contribution in [2.24, 2.45) is 0 Å². The van der Waals surface area contributed by atoms with Crippen molar-refractivity contribution in [3.63, 3.8) is 0 Å². The van der Waals surface area contributed by atoms with E-state index in [1.807, 2.05) is 56.3 Å². The summed E-state index contributed by atoms with van der Waals surface area (Å²) in [5.74, 6) is -0.197. The first kappa shape index (κ1) is 19.5. The number of benzene rings is 2. The van der Waals surface area contributed by atoms with Gasteiger partial charge in [0.25, 0.3) is 11.5 Å². The summed E-state index contributed by atoms with van der Waals surface area (Å²) >= 11 is 0. The number of carbonyl (C=O) groups is 1. The van der Waals surface area contributed by atoms with Crippen LogP contribution in [0.1, 0.15) is 29.7 Å². The minimum Gasteiger partial charge on any atom is -0.314 e. The van der Waals surface area contributed by atoms with E-state index in [4.69, 9.17) is 0 Å². The van der Waals surface area contributed by atoms with Crippen molar-refractivity contribution in [3.05, 3.63) is 81.6 Å². The van der Waals surface area contributed by atoms with Crippen LogP contribution in [0.3, 0.4) is 0 Å². The van der Waals surface area contributed by atoms with Gasteiger partial charge in [0.2, 0.25) is 0 Å². The Morgan fingerprint density at radius 2 is 1.75 bits per heavy atom. The van der Waals surface area contributed by atoms with Crippen LogP contribution < -0.4 is 10.5 Å². The molecule has 0 aliphatic rings. The lowest BCUT2D eigenvalue weighted by Gasteiger charge is -2.22. The second kappa shape index (κ2) is 7.80. The summed E-state index contributed by atoms with van der Waals surface area (Å²) in [5.41, 5.74) is 5.49. The Hall–Kier alpha value is -3.21. The van der Waals surface area contributed by atoms with Gasteiger partial charge in [0.1, 0.15) is 6.04 Å². The Morgan fingerprint density at radius 3 is 2.43 bits per heavy atom. The van der Waals surface area contributed by atoms with Crippen molar-refractivity contribution in [3.8, 4) is 11.3 Å². The summed E-state index contributed by atoms with van der Waals surface area (Å²) in [6, 6.07) is 16.2. The first-order valence-corrected chi connectivity index (χ1v) is 9.29. The second-order valence-corrected chi connectivity index (χ2v) is 7.21. The Morgan fingerprint density at radius 1 is 1.00 bits per heavy atom. The molecule has 1 amide bonds. The Labute approximate surface area is 165 Å². The number of amides is 1. The van der Waals surface area contributed by atoms with Gasteiger partial charge in [-0.05, 0) is 68.7 Å². The third kappa shape index (κ3) is 3.88.